The van der Waals surface area contributed by atoms with E-state index in [1.165, 1.54) is 81.9 Å². The number of amides is 4. The summed E-state index contributed by atoms with van der Waals surface area (Å²) in [6.07, 6.45) is 3.86. The number of carbonyl (C=O) groups is 3. The fraction of sp³-hybridized carbons (Fsp3) is 0.243. The second-order valence-corrected chi connectivity index (χ2v) is 46.7. The van der Waals surface area contributed by atoms with Gasteiger partial charge in [0.2, 0.25) is 0 Å². The molecule has 5 aliphatic rings. The fourth-order valence-electron chi connectivity index (χ4n) is 15.6. The SMILES string of the molecule is C.CC(=O)O.CC1(C)OB(B2OC(C)(C)C(C)(C)O2)OC1(C)C.CC1(C)OB(c2ccc([N+](=O)[O-])c(NC(=O)N3CCCC3)c2)OC1(C)C.O=C(Nc1cc(Br)ccc1[N+](=O)[O-])N1CCCC1.[K+].[Pd].c1ccc(P(c2ccccc2)c2ccccc2)cc1.c1ccc(P(c2ccccc2)c2ccccc2)cc1.c1ccc(P(c2ccccc2)c2ccccc2)cc1.c1ccc(P(c2ccccc2)c2ccccc2)cc1. The van der Waals surface area contributed by atoms with Gasteiger partial charge in [0.15, 0.2) is 0 Å². The van der Waals surface area contributed by atoms with Crippen molar-refractivity contribution in [2.45, 2.75) is 157 Å². The van der Waals surface area contributed by atoms with Crippen LogP contribution in [-0.4, -0.2) is 124 Å². The number of urea groups is 2. The molecule has 0 aliphatic carbocycles. The van der Waals surface area contributed by atoms with Crippen molar-refractivity contribution in [1.82, 2.24) is 9.80 Å². The summed E-state index contributed by atoms with van der Waals surface area (Å²) in [5.74, 6) is -0.833. The number of nitro groups is 2. The third kappa shape index (κ3) is 33.9. The number of hydrogen-bond acceptors (Lipinski definition) is 13. The average molecular weight is 2200 g/mol. The zero-order valence-corrected chi connectivity index (χ0v) is 93.9. The van der Waals surface area contributed by atoms with Gasteiger partial charge in [-0.1, -0.05) is 393 Å². The standard InChI is InChI=1S/4C18H15P.C17H24BN3O5.C12H24B2O4.C11H12BrN3O3.C2H4O2.CH4.K.Pd/c4*1-4-10-16(11-5-1)19(17-12-6-2-7-13-17)18-14-8-3-9-15-18;1-16(2)17(3,4)26-18(25-16)12-7-8-14(21(23)24)13(11-12)19-15(22)20-9-5-6-10-20;1-9(2)10(3,4)16-13(15-9)14-17-11(5,6)12(7,8)18-14;12-8-3-4-10(15(17)18)9(7-8)13-11(16)14-5-1-2-6-14;1-2(3)4;;;/h4*1-15H;7-8,11H,5-6,9-10H2,1-4H3,(H,19,22);1-8H3;3-4,7H,1-2,5-6H2,(H,13,16);1H3,(H,3,4);1H4;;/q;;;;;;;;;+1;. The van der Waals surface area contributed by atoms with Crippen molar-refractivity contribution in [1.29, 1.82) is 0 Å². The number of hydrogen-bond donors (Lipinski definition) is 3. The van der Waals surface area contributed by atoms with Crippen LogP contribution in [0.5, 0.6) is 0 Å². The van der Waals surface area contributed by atoms with E-state index in [9.17, 15) is 29.8 Å². The number of likely N-dealkylation sites (tertiary alicyclic amines) is 2. The van der Waals surface area contributed by atoms with E-state index in [0.717, 1.165) is 32.6 Å². The second kappa shape index (κ2) is 57.2. The van der Waals surface area contributed by atoms with Gasteiger partial charge >= 0.3 is 84.6 Å². The molecule has 5 fully saturated rings. The minimum atomic E-state index is -0.833. The first-order chi connectivity index (χ1) is 68.1. The van der Waals surface area contributed by atoms with Crippen molar-refractivity contribution in [3.8, 4) is 0 Å². The molecule has 4 amide bonds. The molecule has 5 heterocycles. The molecule has 0 unspecified atom stereocenters. The summed E-state index contributed by atoms with van der Waals surface area (Å²) >= 11 is 3.23. The minimum absolute atomic E-state index is 0. The first-order valence-corrected chi connectivity index (χ1v) is 53.7. The number of anilines is 2. The Morgan fingerprint density at radius 1 is 0.317 bits per heavy atom. The number of halogens is 1. The number of nitrogens with one attached hydrogen (secondary N) is 2. The molecule has 20 nitrogen and oxygen atoms in total. The van der Waals surface area contributed by atoms with Gasteiger partial charge in [-0.3, -0.25) is 25.0 Å². The van der Waals surface area contributed by atoms with Crippen LogP contribution in [0.25, 0.3) is 0 Å². The Labute approximate surface area is 927 Å². The average Bonchev–Trinajstić information content (AvgIpc) is 1.59. The minimum Gasteiger partial charge on any atom is -0.481 e. The molecular formula is C115H128B3BrKN6O14P4Pd+. The van der Waals surface area contributed by atoms with E-state index < -0.39 is 79.8 Å². The van der Waals surface area contributed by atoms with Gasteiger partial charge in [-0.25, -0.2) is 9.59 Å². The van der Waals surface area contributed by atoms with Crippen LogP contribution in [0.15, 0.2) is 405 Å². The molecule has 0 aromatic heterocycles. The summed E-state index contributed by atoms with van der Waals surface area (Å²) in [7, 11) is -3.39. The topological polar surface area (TPSA) is 244 Å². The molecule has 5 saturated heterocycles. The molecule has 19 rings (SSSR count). The Bertz CT molecular complexity index is 5380. The van der Waals surface area contributed by atoms with Crippen molar-refractivity contribution in [2.75, 3.05) is 36.8 Å². The molecule has 0 spiro atoms. The molecular weight excluding hydrogens is 2070 g/mol. The van der Waals surface area contributed by atoms with Gasteiger partial charge in [0.1, 0.15) is 11.4 Å². The van der Waals surface area contributed by atoms with Gasteiger partial charge in [0.05, 0.1) is 43.5 Å². The zero-order valence-electron chi connectivity index (χ0n) is 84.0. The van der Waals surface area contributed by atoms with Crippen molar-refractivity contribution >= 4 is 179 Å². The maximum absolute atomic E-state index is 12.4. The molecule has 0 saturated carbocycles. The van der Waals surface area contributed by atoms with Crippen LogP contribution in [0.3, 0.4) is 0 Å². The number of carboxylic acid groups (broad SMARTS) is 1. The van der Waals surface area contributed by atoms with Crippen LogP contribution in [0.1, 0.15) is 123 Å². The Balaban J connectivity index is 0.000000187. The first-order valence-electron chi connectivity index (χ1n) is 47.5. The Morgan fingerprint density at radius 3 is 0.676 bits per heavy atom. The molecule has 748 valence electrons. The molecule has 0 atom stereocenters. The fourth-order valence-corrected chi connectivity index (χ4v) is 25.2. The van der Waals surface area contributed by atoms with E-state index in [2.05, 4.69) is 391 Å². The van der Waals surface area contributed by atoms with Gasteiger partial charge < -0.3 is 53.5 Å². The molecule has 14 aromatic rings. The maximum Gasteiger partial charge on any atom is 1.00 e. The number of carbonyl (C=O) groups excluding carboxylic acids is 2. The molecule has 14 aromatic carbocycles. The van der Waals surface area contributed by atoms with Crippen LogP contribution in [0.2, 0.25) is 0 Å². The summed E-state index contributed by atoms with van der Waals surface area (Å²) in [5, 5.41) is 51.7. The van der Waals surface area contributed by atoms with E-state index in [-0.39, 0.29) is 136 Å². The Kier molecular flexibility index (Phi) is 46.9. The molecule has 0 radical (unpaired) electrons. The second-order valence-electron chi connectivity index (χ2n) is 36.9. The predicted molar refractivity (Wildman–Crippen MR) is 602 cm³/mol. The predicted octanol–water partition coefficient (Wildman–Crippen LogP) is 19.3. The summed E-state index contributed by atoms with van der Waals surface area (Å²) in [6.45, 7) is 27.8. The van der Waals surface area contributed by atoms with Crippen LogP contribution >= 0.6 is 47.6 Å². The zero-order chi connectivity index (χ0) is 101. The number of benzene rings is 14. The van der Waals surface area contributed by atoms with Crippen molar-refractivity contribution in [2.24, 2.45) is 0 Å². The molecule has 5 aliphatic heterocycles. The molecule has 145 heavy (non-hydrogen) atoms. The molecule has 30 heteroatoms. The third-order valence-electron chi connectivity index (χ3n) is 25.1. The van der Waals surface area contributed by atoms with Gasteiger partial charge in [-0.15, -0.1) is 0 Å². The van der Waals surface area contributed by atoms with Crippen molar-refractivity contribution in [3.63, 3.8) is 0 Å². The van der Waals surface area contributed by atoms with Crippen molar-refractivity contribution in [3.05, 3.63) is 425 Å². The van der Waals surface area contributed by atoms with Crippen LogP contribution in [0, 0.1) is 20.2 Å². The van der Waals surface area contributed by atoms with E-state index in [1.54, 1.807) is 28.0 Å². The monoisotopic (exact) mass is 2200 g/mol. The summed E-state index contributed by atoms with van der Waals surface area (Å²) in [6, 6.07) is 138. The third-order valence-corrected chi connectivity index (χ3v) is 35.4. The summed E-state index contributed by atoms with van der Waals surface area (Å²) in [5.41, 5.74) is -1.73. The van der Waals surface area contributed by atoms with Crippen LogP contribution < -0.4 is 131 Å². The number of nitrogens with zero attached hydrogens (tertiary/aromatic N) is 4. The number of nitro benzene ring substituents is 2. The van der Waals surface area contributed by atoms with Crippen LogP contribution in [0.4, 0.5) is 32.3 Å². The number of carboxylic acids is 1. The quantitative estimate of drug-likeness (QED) is 0.0313. The van der Waals surface area contributed by atoms with Gasteiger partial charge in [-0.05, 0) is 228 Å². The summed E-state index contributed by atoms with van der Waals surface area (Å²) < 4.78 is 36.5. The smallest absolute Gasteiger partial charge is 0.481 e. The largest absolute Gasteiger partial charge is 1.00 e. The first kappa shape index (κ1) is 119. The maximum atomic E-state index is 12.4. The van der Waals surface area contributed by atoms with Gasteiger partial charge in [-0.2, -0.15) is 0 Å². The Morgan fingerprint density at radius 2 is 0.490 bits per heavy atom. The van der Waals surface area contributed by atoms with Gasteiger partial charge in [0, 0.05) is 70.1 Å². The molecule has 3 N–H and O–H groups in total. The van der Waals surface area contributed by atoms with Crippen LogP contribution in [-0.2, 0) is 53.1 Å². The van der Waals surface area contributed by atoms with E-state index >= 15 is 0 Å². The van der Waals surface area contributed by atoms with E-state index in [0.29, 0.717) is 36.1 Å². The normalized spacial score (nSPS) is 15.3. The number of rotatable bonds is 18. The van der Waals surface area contributed by atoms with E-state index in [4.69, 9.17) is 37.8 Å². The number of aliphatic carboxylic acids is 1. The summed E-state index contributed by atoms with van der Waals surface area (Å²) in [4.78, 5) is 57.7. The Hall–Kier alpha value is -9.66. The molecule has 0 bridgehead atoms. The van der Waals surface area contributed by atoms with Crippen molar-refractivity contribution < 1.29 is 129 Å². The van der Waals surface area contributed by atoms with E-state index in [1.807, 2.05) is 83.1 Å². The van der Waals surface area contributed by atoms with Gasteiger partial charge in [0.25, 0.3) is 17.3 Å².